The summed E-state index contributed by atoms with van der Waals surface area (Å²) in [5.41, 5.74) is 8.20. The zero-order chi connectivity index (χ0) is 29.8. The number of benzene rings is 3. The molecular weight excluding hydrogens is 524 g/mol. The van der Waals surface area contributed by atoms with Gasteiger partial charge in [-0.15, -0.1) is 0 Å². The Morgan fingerprint density at radius 3 is 2.19 bits per heavy atom. The molecule has 2 N–H and O–H groups in total. The molecule has 2 aliphatic rings. The van der Waals surface area contributed by atoms with Gasteiger partial charge in [0, 0.05) is 69.3 Å². The minimum atomic E-state index is -0.0971. The van der Waals surface area contributed by atoms with Crippen LogP contribution in [0.3, 0.4) is 0 Å². The molecule has 8 nitrogen and oxygen atoms in total. The summed E-state index contributed by atoms with van der Waals surface area (Å²) in [6, 6.07) is 20.5. The van der Waals surface area contributed by atoms with Crippen molar-refractivity contribution in [3.8, 4) is 6.07 Å². The quantitative estimate of drug-likeness (QED) is 0.443. The number of hydrogen-bond donors (Lipinski definition) is 2. The first-order valence-corrected chi connectivity index (χ1v) is 14.8. The lowest BCUT2D eigenvalue weighted by Gasteiger charge is -2.37. The zero-order valence-electron chi connectivity index (χ0n) is 25.0. The summed E-state index contributed by atoms with van der Waals surface area (Å²) < 4.78 is 0. The van der Waals surface area contributed by atoms with Gasteiger partial charge >= 0.3 is 0 Å². The van der Waals surface area contributed by atoms with E-state index in [0.717, 1.165) is 65.2 Å². The van der Waals surface area contributed by atoms with E-state index in [1.54, 1.807) is 7.05 Å². The van der Waals surface area contributed by atoms with Crippen molar-refractivity contribution in [3.05, 3.63) is 88.0 Å². The van der Waals surface area contributed by atoms with Crippen LogP contribution in [0.2, 0.25) is 0 Å². The van der Waals surface area contributed by atoms with Gasteiger partial charge in [-0.05, 0) is 75.1 Å². The van der Waals surface area contributed by atoms with Gasteiger partial charge in [0.05, 0.1) is 16.8 Å². The Morgan fingerprint density at radius 1 is 0.810 bits per heavy atom. The Balaban J connectivity index is 1.23. The molecule has 0 bridgehead atoms. The van der Waals surface area contributed by atoms with E-state index in [2.05, 4.69) is 39.5 Å². The summed E-state index contributed by atoms with van der Waals surface area (Å²) >= 11 is 0. The third kappa shape index (κ3) is 6.06. The van der Waals surface area contributed by atoms with Crippen molar-refractivity contribution < 1.29 is 9.59 Å². The average molecular weight is 565 g/mol. The summed E-state index contributed by atoms with van der Waals surface area (Å²) in [7, 11) is 1.65. The van der Waals surface area contributed by atoms with Crippen LogP contribution in [0, 0.1) is 32.1 Å². The Kier molecular flexibility index (Phi) is 8.67. The number of nitrogens with zero attached hydrogens (tertiary/aromatic N) is 4. The SMILES string of the molecule is CNC(=O)c1cc(C)ccc1N1CCN(C(=O)c2cc(NC3CCN(c4ccccc4C#N)CC3)c(C)cc2C)CC1. The van der Waals surface area contributed by atoms with Gasteiger partial charge in [0.2, 0.25) is 0 Å². The fourth-order valence-electron chi connectivity index (χ4n) is 6.13. The van der Waals surface area contributed by atoms with Crippen LogP contribution in [0.5, 0.6) is 0 Å². The van der Waals surface area contributed by atoms with Crippen LogP contribution in [-0.4, -0.2) is 69.1 Å². The van der Waals surface area contributed by atoms with Crippen LogP contribution in [0.15, 0.2) is 54.6 Å². The number of nitriles is 1. The van der Waals surface area contributed by atoms with Crippen molar-refractivity contribution in [1.29, 1.82) is 5.26 Å². The van der Waals surface area contributed by atoms with Gasteiger partial charge < -0.3 is 25.3 Å². The third-order valence-corrected chi connectivity index (χ3v) is 8.55. The minimum absolute atomic E-state index is 0.0496. The number of piperidine rings is 1. The number of amides is 2. The maximum Gasteiger partial charge on any atom is 0.254 e. The molecular formula is C34H40N6O2. The van der Waals surface area contributed by atoms with Crippen LogP contribution in [0.4, 0.5) is 17.1 Å². The van der Waals surface area contributed by atoms with Crippen LogP contribution < -0.4 is 20.4 Å². The van der Waals surface area contributed by atoms with Gasteiger partial charge in [-0.25, -0.2) is 0 Å². The molecule has 218 valence electrons. The van der Waals surface area contributed by atoms with Gasteiger partial charge in [-0.1, -0.05) is 29.8 Å². The molecule has 5 rings (SSSR count). The van der Waals surface area contributed by atoms with E-state index in [-0.39, 0.29) is 11.8 Å². The summed E-state index contributed by atoms with van der Waals surface area (Å²) in [6.07, 6.45) is 1.91. The molecule has 2 heterocycles. The number of nitrogens with one attached hydrogen (secondary N) is 2. The number of anilines is 3. The highest BCUT2D eigenvalue weighted by molar-refractivity contribution is 6.00. The standard InChI is InChI=1S/C34H40N6O2/c1-23-9-10-32(29(19-23)33(41)36-4)39-15-17-40(18-16-39)34(42)28-21-30(25(3)20-24(28)2)37-27-11-13-38(14-12-27)31-8-6-5-7-26(31)22-35/h5-10,19-21,27,37H,11-18H2,1-4H3,(H,36,41). The van der Waals surface area contributed by atoms with Crippen molar-refractivity contribution in [2.45, 2.75) is 39.7 Å². The molecule has 0 radical (unpaired) electrons. The second kappa shape index (κ2) is 12.6. The average Bonchev–Trinajstić information content (AvgIpc) is 3.02. The van der Waals surface area contributed by atoms with Crippen LogP contribution in [0.25, 0.3) is 0 Å². The molecule has 0 aromatic heterocycles. The highest BCUT2D eigenvalue weighted by Crippen LogP contribution is 2.29. The lowest BCUT2D eigenvalue weighted by molar-refractivity contribution is 0.0745. The van der Waals surface area contributed by atoms with Crippen LogP contribution in [0.1, 0.15) is 55.8 Å². The van der Waals surface area contributed by atoms with Crippen molar-refractivity contribution in [2.24, 2.45) is 0 Å². The fraction of sp³-hybridized carbons (Fsp3) is 0.382. The lowest BCUT2D eigenvalue weighted by atomic mass is 9.99. The smallest absolute Gasteiger partial charge is 0.254 e. The van der Waals surface area contributed by atoms with Crippen molar-refractivity contribution in [2.75, 3.05) is 61.4 Å². The highest BCUT2D eigenvalue weighted by Gasteiger charge is 2.27. The van der Waals surface area contributed by atoms with Crippen molar-refractivity contribution >= 4 is 28.9 Å². The third-order valence-electron chi connectivity index (χ3n) is 8.55. The molecule has 42 heavy (non-hydrogen) atoms. The van der Waals surface area contributed by atoms with Gasteiger partial charge in [-0.3, -0.25) is 9.59 Å². The van der Waals surface area contributed by atoms with E-state index in [1.165, 1.54) is 0 Å². The number of carbonyl (C=O) groups excluding carboxylic acids is 2. The molecule has 0 unspecified atom stereocenters. The molecule has 0 aliphatic carbocycles. The molecule has 2 aliphatic heterocycles. The van der Waals surface area contributed by atoms with Gasteiger partial charge in [-0.2, -0.15) is 5.26 Å². The van der Waals surface area contributed by atoms with Gasteiger partial charge in [0.25, 0.3) is 11.8 Å². The molecule has 0 saturated carbocycles. The maximum atomic E-state index is 13.7. The number of piperazine rings is 1. The summed E-state index contributed by atoms with van der Waals surface area (Å²) in [6.45, 7) is 10.4. The minimum Gasteiger partial charge on any atom is -0.382 e. The normalized spacial score (nSPS) is 15.7. The van der Waals surface area contributed by atoms with Crippen LogP contribution >= 0.6 is 0 Å². The number of para-hydroxylation sites is 1. The summed E-state index contributed by atoms with van der Waals surface area (Å²) in [5, 5.41) is 16.0. The largest absolute Gasteiger partial charge is 0.382 e. The molecule has 3 aromatic rings. The molecule has 0 spiro atoms. The molecule has 0 atom stereocenters. The topological polar surface area (TPSA) is 91.7 Å². The van der Waals surface area contributed by atoms with E-state index in [1.807, 2.05) is 67.3 Å². The second-order valence-electron chi connectivity index (χ2n) is 11.4. The number of carbonyl (C=O) groups is 2. The maximum absolute atomic E-state index is 13.7. The monoisotopic (exact) mass is 564 g/mol. The Labute approximate surface area is 248 Å². The lowest BCUT2D eigenvalue weighted by Crippen LogP contribution is -2.49. The Hall–Kier alpha value is -4.51. The highest BCUT2D eigenvalue weighted by atomic mass is 16.2. The predicted octanol–water partition coefficient (Wildman–Crippen LogP) is 4.89. The molecule has 3 aromatic carbocycles. The van der Waals surface area contributed by atoms with Gasteiger partial charge in [0.15, 0.2) is 0 Å². The van der Waals surface area contributed by atoms with E-state index < -0.39 is 0 Å². The first-order valence-electron chi connectivity index (χ1n) is 14.8. The Bertz CT molecular complexity index is 1510. The van der Waals surface area contributed by atoms with E-state index in [0.29, 0.717) is 43.3 Å². The molecule has 8 heteroatoms. The number of rotatable bonds is 6. The Morgan fingerprint density at radius 2 is 1.50 bits per heavy atom. The van der Waals surface area contributed by atoms with Crippen LogP contribution in [-0.2, 0) is 0 Å². The predicted molar refractivity (Wildman–Crippen MR) is 169 cm³/mol. The summed E-state index contributed by atoms with van der Waals surface area (Å²) in [5.74, 6) is -0.0475. The van der Waals surface area contributed by atoms with E-state index in [4.69, 9.17) is 0 Å². The molecule has 2 saturated heterocycles. The fourth-order valence-corrected chi connectivity index (χ4v) is 6.13. The van der Waals surface area contributed by atoms with Crippen molar-refractivity contribution in [3.63, 3.8) is 0 Å². The van der Waals surface area contributed by atoms with E-state index in [9.17, 15) is 14.9 Å². The first kappa shape index (κ1) is 29.0. The number of hydrogen-bond acceptors (Lipinski definition) is 6. The second-order valence-corrected chi connectivity index (χ2v) is 11.4. The first-order chi connectivity index (χ1) is 20.3. The molecule has 2 amide bonds. The zero-order valence-corrected chi connectivity index (χ0v) is 25.0. The number of aryl methyl sites for hydroxylation is 3. The van der Waals surface area contributed by atoms with E-state index >= 15 is 0 Å². The summed E-state index contributed by atoms with van der Waals surface area (Å²) in [4.78, 5) is 32.7. The van der Waals surface area contributed by atoms with Crippen molar-refractivity contribution in [1.82, 2.24) is 10.2 Å². The van der Waals surface area contributed by atoms with Gasteiger partial charge in [0.1, 0.15) is 6.07 Å². The molecule has 2 fully saturated rings.